The van der Waals surface area contributed by atoms with Crippen molar-refractivity contribution in [1.29, 1.82) is 0 Å². The minimum atomic E-state index is -2.84. The Hall–Kier alpha value is -1.92. The molecule has 1 aliphatic heterocycles. The lowest BCUT2D eigenvalue weighted by Crippen LogP contribution is -2.39. The summed E-state index contributed by atoms with van der Waals surface area (Å²) in [5.41, 5.74) is -1.48. The molecule has 27 heavy (non-hydrogen) atoms. The van der Waals surface area contributed by atoms with Crippen LogP contribution >= 0.6 is 19.5 Å². The first-order valence-electron chi connectivity index (χ1n) is 7.50. The van der Waals surface area contributed by atoms with Crippen LogP contribution < -0.4 is 11.2 Å². The third-order valence-corrected chi connectivity index (χ3v) is 4.77. The van der Waals surface area contributed by atoms with Gasteiger partial charge in [-0.25, -0.2) is 4.79 Å². The van der Waals surface area contributed by atoms with Gasteiger partial charge in [0.1, 0.15) is 12.2 Å². The van der Waals surface area contributed by atoms with Crippen LogP contribution in [0.1, 0.15) is 12.6 Å². The van der Waals surface area contributed by atoms with Crippen molar-refractivity contribution in [3.8, 4) is 0 Å². The number of aliphatic carboxylic acids is 2. The highest BCUT2D eigenvalue weighted by molar-refractivity contribution is 8.39. The van der Waals surface area contributed by atoms with E-state index in [0.29, 0.717) is 0 Å². The summed E-state index contributed by atoms with van der Waals surface area (Å²) in [5.74, 6) is -5.02. The van der Waals surface area contributed by atoms with Crippen molar-refractivity contribution in [2.75, 3.05) is 7.11 Å². The molecular formula is C13H17N2O10PS. The zero-order valence-electron chi connectivity index (χ0n) is 13.8. The van der Waals surface area contributed by atoms with Crippen LogP contribution in [0.15, 0.2) is 21.9 Å². The highest BCUT2D eigenvalue weighted by Gasteiger charge is 2.49. The van der Waals surface area contributed by atoms with E-state index in [1.54, 1.807) is 0 Å². The van der Waals surface area contributed by atoms with Crippen molar-refractivity contribution < 1.29 is 38.4 Å². The molecule has 0 saturated carbocycles. The Morgan fingerprint density at radius 2 is 2.00 bits per heavy atom. The number of hydrogen-bond acceptors (Lipinski definition) is 8. The van der Waals surface area contributed by atoms with E-state index in [1.807, 2.05) is 4.98 Å². The van der Waals surface area contributed by atoms with Gasteiger partial charge in [-0.3, -0.25) is 28.5 Å². The van der Waals surface area contributed by atoms with E-state index < -0.39 is 67.3 Å². The summed E-state index contributed by atoms with van der Waals surface area (Å²) in [7, 11) is -1.60. The first-order valence-corrected chi connectivity index (χ1v) is 10.1. The highest BCUT2D eigenvalue weighted by atomic mass is 32.7. The zero-order valence-corrected chi connectivity index (χ0v) is 15.7. The molecule has 1 fully saturated rings. The fourth-order valence-corrected chi connectivity index (χ4v) is 3.68. The SMILES string of the molecule is COC1C(O[PH](=O)S)[C@@H](CC(C(=O)O)C(=O)O)O[C@H]1n1ccc(=O)[nH]c1=O. The number of thiol groups is 1. The first kappa shape index (κ1) is 21.4. The maximum Gasteiger partial charge on any atom is 0.330 e. The van der Waals surface area contributed by atoms with Gasteiger partial charge in [0.25, 0.3) is 5.56 Å². The fraction of sp³-hybridized carbons (Fsp3) is 0.538. The maximum absolute atomic E-state index is 12.0. The largest absolute Gasteiger partial charge is 0.481 e. The van der Waals surface area contributed by atoms with Crippen LogP contribution in [0.3, 0.4) is 0 Å². The average molecular weight is 424 g/mol. The van der Waals surface area contributed by atoms with Gasteiger partial charge < -0.3 is 24.2 Å². The Morgan fingerprint density at radius 3 is 2.48 bits per heavy atom. The molecule has 5 atom stereocenters. The van der Waals surface area contributed by atoms with Crippen molar-refractivity contribution in [2.45, 2.75) is 31.0 Å². The molecule has 0 spiro atoms. The molecule has 1 aromatic heterocycles. The molecule has 2 rings (SSSR count). The molecule has 0 amide bonds. The molecule has 1 saturated heterocycles. The number of carboxylic acid groups (broad SMARTS) is 2. The first-order chi connectivity index (χ1) is 12.6. The number of aromatic nitrogens is 2. The van der Waals surface area contributed by atoms with Gasteiger partial charge in [-0.05, 0) is 0 Å². The number of H-pyrrole nitrogens is 1. The number of ether oxygens (including phenoxy) is 2. The van der Waals surface area contributed by atoms with Gasteiger partial charge >= 0.3 is 17.6 Å². The standard InChI is InChI=1S/C13H17N2O10PS/c1-23-9-8(25-26(22)27)6(4-5(11(17)18)12(19)20)24-10(9)15-3-2-7(16)14-13(15)21/h2-3,5-6,8-10,26H,4H2,1H3,(H,17,18)(H,19,20)(H,22,27)(H,14,16,21)/t6-,8?,9?,10-/m1/s1. The molecule has 12 nitrogen and oxygen atoms in total. The number of carbonyl (C=O) groups is 2. The molecular weight excluding hydrogens is 407 g/mol. The number of carboxylic acids is 2. The second kappa shape index (κ2) is 8.85. The Bertz CT molecular complexity index is 840. The number of nitrogens with one attached hydrogen (secondary N) is 1. The van der Waals surface area contributed by atoms with E-state index >= 15 is 0 Å². The smallest absolute Gasteiger partial charge is 0.330 e. The number of aromatic amines is 1. The third-order valence-electron chi connectivity index (χ3n) is 3.98. The van der Waals surface area contributed by atoms with Crippen LogP contribution in [0.2, 0.25) is 0 Å². The second-order valence-electron chi connectivity index (χ2n) is 5.60. The van der Waals surface area contributed by atoms with Gasteiger partial charge in [0.05, 0.1) is 6.10 Å². The molecule has 1 aromatic rings. The third kappa shape index (κ3) is 4.87. The predicted octanol–water partition coefficient (Wildman–Crippen LogP) is -0.671. The summed E-state index contributed by atoms with van der Waals surface area (Å²) in [4.78, 5) is 47.7. The van der Waals surface area contributed by atoms with E-state index in [0.717, 1.165) is 16.8 Å². The van der Waals surface area contributed by atoms with Crippen LogP contribution in [-0.4, -0.2) is 57.1 Å². The summed E-state index contributed by atoms with van der Waals surface area (Å²) >= 11 is 3.68. The summed E-state index contributed by atoms with van der Waals surface area (Å²) < 4.78 is 28.5. The van der Waals surface area contributed by atoms with Crippen molar-refractivity contribution in [2.24, 2.45) is 5.92 Å². The predicted molar refractivity (Wildman–Crippen MR) is 92.3 cm³/mol. The van der Waals surface area contributed by atoms with Gasteiger partial charge in [-0.1, -0.05) is 12.2 Å². The van der Waals surface area contributed by atoms with E-state index in [4.69, 9.17) is 24.2 Å². The molecule has 0 aromatic carbocycles. The molecule has 150 valence electrons. The maximum atomic E-state index is 12.0. The minimum absolute atomic E-state index is 0.535. The van der Waals surface area contributed by atoms with Crippen molar-refractivity contribution in [3.05, 3.63) is 33.1 Å². The van der Waals surface area contributed by atoms with Crippen LogP contribution in [-0.2, 0) is 28.2 Å². The topological polar surface area (TPSA) is 174 Å². The molecule has 0 bridgehead atoms. The van der Waals surface area contributed by atoms with Gasteiger partial charge in [-0.2, -0.15) is 0 Å². The summed E-state index contributed by atoms with van der Waals surface area (Å²) in [6, 6.07) is 1.05. The minimum Gasteiger partial charge on any atom is -0.481 e. The number of rotatable bonds is 8. The lowest BCUT2D eigenvalue weighted by atomic mass is 9.97. The van der Waals surface area contributed by atoms with Gasteiger partial charge in [-0.15, -0.1) is 0 Å². The molecule has 0 aliphatic carbocycles. The summed E-state index contributed by atoms with van der Waals surface area (Å²) in [5, 5.41) is 18.2. The van der Waals surface area contributed by atoms with Gasteiger partial charge in [0, 0.05) is 25.8 Å². The Kier molecular flexibility index (Phi) is 7.00. The van der Waals surface area contributed by atoms with E-state index in [-0.39, 0.29) is 0 Å². The number of hydrogen-bond donors (Lipinski definition) is 4. The van der Waals surface area contributed by atoms with Gasteiger partial charge in [0.2, 0.25) is 7.23 Å². The molecule has 14 heteroatoms. The lowest BCUT2D eigenvalue weighted by molar-refractivity contribution is -0.157. The van der Waals surface area contributed by atoms with Crippen LogP contribution in [0, 0.1) is 5.92 Å². The Labute approximate surface area is 157 Å². The number of nitrogens with zero attached hydrogens (tertiary/aromatic N) is 1. The van der Waals surface area contributed by atoms with Crippen LogP contribution in [0.4, 0.5) is 0 Å². The molecule has 3 N–H and O–H groups in total. The molecule has 2 heterocycles. The fourth-order valence-electron chi connectivity index (χ4n) is 2.80. The van der Waals surface area contributed by atoms with Crippen molar-refractivity contribution in [1.82, 2.24) is 9.55 Å². The quantitative estimate of drug-likeness (QED) is 0.238. The normalized spacial score (nSPS) is 26.2. The van der Waals surface area contributed by atoms with Crippen molar-refractivity contribution in [3.63, 3.8) is 0 Å². The van der Waals surface area contributed by atoms with E-state index in [9.17, 15) is 23.7 Å². The monoisotopic (exact) mass is 424 g/mol. The summed E-state index contributed by atoms with van der Waals surface area (Å²) in [6.07, 6.45) is -3.99. The Morgan fingerprint density at radius 1 is 1.37 bits per heavy atom. The molecule has 1 aliphatic rings. The Balaban J connectivity index is 2.41. The molecule has 3 unspecified atom stereocenters. The number of methoxy groups -OCH3 is 1. The van der Waals surface area contributed by atoms with Crippen molar-refractivity contribution >= 4 is 31.4 Å². The lowest BCUT2D eigenvalue weighted by Gasteiger charge is -2.23. The van der Waals surface area contributed by atoms with Crippen LogP contribution in [0.25, 0.3) is 0 Å². The highest BCUT2D eigenvalue weighted by Crippen LogP contribution is 2.41. The average Bonchev–Trinajstić information content (AvgIpc) is 2.88. The summed E-state index contributed by atoms with van der Waals surface area (Å²) in [6.45, 7) is 0. The molecule has 0 radical (unpaired) electrons. The van der Waals surface area contributed by atoms with E-state index in [1.165, 1.54) is 7.11 Å². The van der Waals surface area contributed by atoms with Crippen LogP contribution in [0.5, 0.6) is 0 Å². The van der Waals surface area contributed by atoms with Gasteiger partial charge in [0.15, 0.2) is 12.1 Å². The van der Waals surface area contributed by atoms with E-state index in [2.05, 4.69) is 12.2 Å². The second-order valence-corrected chi connectivity index (χ2v) is 7.46. The zero-order chi connectivity index (χ0) is 20.3.